The van der Waals surface area contributed by atoms with Crippen LogP contribution in [0.1, 0.15) is 15.4 Å². The number of carbonyl (C=O) groups is 1. The molecule has 1 aliphatic rings. The SMILES string of the molecule is Cc1nnsc1C(=O)N1CCN(c2nc3c(S(C)(=O)=O)cccc3s2)CC1. The minimum Gasteiger partial charge on any atom is -0.345 e. The first kappa shape index (κ1) is 18.3. The van der Waals surface area contributed by atoms with Crippen LogP contribution in [0.3, 0.4) is 0 Å². The van der Waals surface area contributed by atoms with Crippen molar-refractivity contribution in [2.45, 2.75) is 11.8 Å². The zero-order valence-electron chi connectivity index (χ0n) is 14.7. The van der Waals surface area contributed by atoms with Crippen molar-refractivity contribution in [3.8, 4) is 0 Å². The van der Waals surface area contributed by atoms with Gasteiger partial charge in [-0.2, -0.15) is 0 Å². The molecule has 1 saturated heterocycles. The number of aryl methyl sites for hydroxylation is 1. The highest BCUT2D eigenvalue weighted by Gasteiger charge is 2.27. The second-order valence-corrected chi connectivity index (χ2v) is 10.1. The summed E-state index contributed by atoms with van der Waals surface area (Å²) in [6, 6.07) is 5.20. The lowest BCUT2D eigenvalue weighted by molar-refractivity contribution is 0.0750. The van der Waals surface area contributed by atoms with Crippen molar-refractivity contribution in [3.63, 3.8) is 0 Å². The van der Waals surface area contributed by atoms with Crippen molar-refractivity contribution >= 4 is 54.0 Å². The first-order valence-electron chi connectivity index (χ1n) is 8.27. The molecule has 2 aromatic heterocycles. The predicted molar refractivity (Wildman–Crippen MR) is 105 cm³/mol. The number of aromatic nitrogens is 3. The molecular weight excluding hydrogens is 406 g/mol. The van der Waals surface area contributed by atoms with Gasteiger partial charge in [-0.25, -0.2) is 13.4 Å². The average Bonchev–Trinajstić information content (AvgIpc) is 3.26. The van der Waals surface area contributed by atoms with Crippen molar-refractivity contribution in [1.82, 2.24) is 19.5 Å². The Labute approximate surface area is 164 Å². The third-order valence-corrected chi connectivity index (χ3v) is 7.48. The monoisotopic (exact) mass is 423 g/mol. The number of para-hydroxylation sites is 1. The highest BCUT2D eigenvalue weighted by atomic mass is 32.2. The van der Waals surface area contributed by atoms with Crippen LogP contribution in [0, 0.1) is 6.92 Å². The Kier molecular flexibility index (Phi) is 4.60. The molecule has 0 bridgehead atoms. The molecule has 3 heterocycles. The molecule has 27 heavy (non-hydrogen) atoms. The van der Waals surface area contributed by atoms with Gasteiger partial charge < -0.3 is 9.80 Å². The van der Waals surface area contributed by atoms with Crippen LogP contribution in [0.25, 0.3) is 10.2 Å². The quantitative estimate of drug-likeness (QED) is 0.634. The summed E-state index contributed by atoms with van der Waals surface area (Å²) in [6.07, 6.45) is 1.20. The van der Waals surface area contributed by atoms with Crippen LogP contribution in [-0.2, 0) is 9.84 Å². The molecular formula is C16H17N5O3S3. The highest BCUT2D eigenvalue weighted by molar-refractivity contribution is 7.91. The number of fused-ring (bicyclic) bond motifs is 1. The van der Waals surface area contributed by atoms with Gasteiger partial charge in [0.15, 0.2) is 15.0 Å². The van der Waals surface area contributed by atoms with Crippen LogP contribution in [-0.4, -0.2) is 66.2 Å². The number of piperazine rings is 1. The number of thiazole rings is 1. The molecule has 1 fully saturated rings. The molecule has 0 aliphatic carbocycles. The fourth-order valence-electron chi connectivity index (χ4n) is 3.02. The first-order chi connectivity index (χ1) is 12.8. The van der Waals surface area contributed by atoms with E-state index in [1.165, 1.54) is 17.6 Å². The largest absolute Gasteiger partial charge is 0.345 e. The second-order valence-electron chi connectivity index (χ2n) is 6.34. The molecule has 3 aromatic rings. The van der Waals surface area contributed by atoms with E-state index in [0.29, 0.717) is 42.3 Å². The minimum absolute atomic E-state index is 0.0363. The van der Waals surface area contributed by atoms with E-state index in [4.69, 9.17) is 0 Å². The molecule has 1 amide bonds. The number of carbonyl (C=O) groups excluding carboxylic acids is 1. The van der Waals surface area contributed by atoms with E-state index in [1.807, 2.05) is 6.07 Å². The number of benzene rings is 1. The Hall–Kier alpha value is -2.11. The maximum absolute atomic E-state index is 12.6. The van der Waals surface area contributed by atoms with Gasteiger partial charge in [0.25, 0.3) is 5.91 Å². The van der Waals surface area contributed by atoms with Crippen LogP contribution in [0.4, 0.5) is 5.13 Å². The van der Waals surface area contributed by atoms with Crippen LogP contribution >= 0.6 is 22.9 Å². The summed E-state index contributed by atoms with van der Waals surface area (Å²) in [5.74, 6) is -0.0363. The molecule has 0 spiro atoms. The lowest BCUT2D eigenvalue weighted by Gasteiger charge is -2.34. The first-order valence-corrected chi connectivity index (χ1v) is 11.8. The van der Waals surface area contributed by atoms with E-state index >= 15 is 0 Å². The Morgan fingerprint density at radius 1 is 1.19 bits per heavy atom. The standard InChI is InChI=1S/C16H17N5O3S3/c1-10-14(26-19-18-10)15(22)20-6-8-21(9-7-20)16-17-13-11(25-16)4-3-5-12(13)27(2,23)24/h3-5H,6-9H2,1-2H3. The van der Waals surface area contributed by atoms with Gasteiger partial charge >= 0.3 is 0 Å². The van der Waals surface area contributed by atoms with Gasteiger partial charge in [-0.1, -0.05) is 21.9 Å². The van der Waals surface area contributed by atoms with Crippen molar-refractivity contribution in [1.29, 1.82) is 0 Å². The summed E-state index contributed by atoms with van der Waals surface area (Å²) in [6.45, 7) is 4.22. The number of sulfone groups is 1. The number of rotatable bonds is 3. The predicted octanol–water partition coefficient (Wildman–Crippen LogP) is 1.82. The lowest BCUT2D eigenvalue weighted by atomic mass is 10.3. The molecule has 1 aromatic carbocycles. The normalized spacial score (nSPS) is 15.5. The van der Waals surface area contributed by atoms with E-state index in [0.717, 1.165) is 21.4 Å². The molecule has 142 valence electrons. The number of anilines is 1. The van der Waals surface area contributed by atoms with Gasteiger partial charge in [-0.05, 0) is 30.6 Å². The zero-order chi connectivity index (χ0) is 19.2. The minimum atomic E-state index is -3.33. The summed E-state index contributed by atoms with van der Waals surface area (Å²) in [4.78, 5) is 21.9. The molecule has 1 aliphatic heterocycles. The zero-order valence-corrected chi connectivity index (χ0v) is 17.2. The van der Waals surface area contributed by atoms with Gasteiger partial charge in [0.05, 0.1) is 15.3 Å². The Morgan fingerprint density at radius 3 is 2.56 bits per heavy atom. The maximum Gasteiger partial charge on any atom is 0.267 e. The fraction of sp³-hybridized carbons (Fsp3) is 0.375. The molecule has 8 nitrogen and oxygen atoms in total. The van der Waals surface area contributed by atoms with Crippen molar-refractivity contribution in [2.24, 2.45) is 0 Å². The average molecular weight is 424 g/mol. The van der Waals surface area contributed by atoms with E-state index in [9.17, 15) is 13.2 Å². The topological polar surface area (TPSA) is 96.4 Å². The van der Waals surface area contributed by atoms with Crippen molar-refractivity contribution < 1.29 is 13.2 Å². The summed E-state index contributed by atoms with van der Waals surface area (Å²) >= 11 is 2.60. The van der Waals surface area contributed by atoms with Crippen LogP contribution < -0.4 is 4.90 Å². The van der Waals surface area contributed by atoms with Gasteiger partial charge in [-0.3, -0.25) is 4.79 Å². The van der Waals surface area contributed by atoms with Crippen LogP contribution in [0.5, 0.6) is 0 Å². The molecule has 0 saturated carbocycles. The van der Waals surface area contributed by atoms with Gasteiger partial charge in [0.1, 0.15) is 10.4 Å². The van der Waals surface area contributed by atoms with Gasteiger partial charge in [0, 0.05) is 32.4 Å². The molecule has 11 heteroatoms. The number of hydrogen-bond donors (Lipinski definition) is 0. The second kappa shape index (κ2) is 6.80. The van der Waals surface area contributed by atoms with Crippen molar-refractivity contribution in [3.05, 3.63) is 28.8 Å². The fourth-order valence-corrected chi connectivity index (χ4v) is 5.58. The van der Waals surface area contributed by atoms with E-state index < -0.39 is 9.84 Å². The molecule has 0 atom stereocenters. The van der Waals surface area contributed by atoms with E-state index in [2.05, 4.69) is 19.5 Å². The van der Waals surface area contributed by atoms with E-state index in [1.54, 1.807) is 24.0 Å². The Balaban J connectivity index is 1.53. The summed E-state index contributed by atoms with van der Waals surface area (Å²) in [5.41, 5.74) is 1.18. The maximum atomic E-state index is 12.6. The molecule has 0 radical (unpaired) electrons. The van der Waals surface area contributed by atoms with Crippen LogP contribution in [0.15, 0.2) is 23.1 Å². The molecule has 4 rings (SSSR count). The number of nitrogens with zero attached hydrogens (tertiary/aromatic N) is 5. The van der Waals surface area contributed by atoms with Crippen molar-refractivity contribution in [2.75, 3.05) is 37.3 Å². The number of hydrogen-bond acceptors (Lipinski definition) is 9. The van der Waals surface area contributed by atoms with E-state index in [-0.39, 0.29) is 10.8 Å². The lowest BCUT2D eigenvalue weighted by Crippen LogP contribution is -2.48. The Bertz CT molecular complexity index is 1110. The highest BCUT2D eigenvalue weighted by Crippen LogP contribution is 2.33. The molecule has 0 unspecified atom stereocenters. The summed E-state index contributed by atoms with van der Waals surface area (Å²) in [5, 5.41) is 4.68. The van der Waals surface area contributed by atoms with Gasteiger partial charge in [0.2, 0.25) is 0 Å². The Morgan fingerprint density at radius 2 is 1.93 bits per heavy atom. The van der Waals surface area contributed by atoms with Gasteiger partial charge in [-0.15, -0.1) is 5.10 Å². The summed E-state index contributed by atoms with van der Waals surface area (Å²) < 4.78 is 28.6. The third-order valence-electron chi connectivity index (χ3n) is 4.45. The van der Waals surface area contributed by atoms with Crippen LogP contribution in [0.2, 0.25) is 0 Å². The molecule has 0 N–H and O–H groups in total. The number of amides is 1. The summed E-state index contributed by atoms with van der Waals surface area (Å²) in [7, 11) is -3.33. The third kappa shape index (κ3) is 3.42. The smallest absolute Gasteiger partial charge is 0.267 e.